The topological polar surface area (TPSA) is 73.4 Å². The highest BCUT2D eigenvalue weighted by Crippen LogP contribution is 2.10. The summed E-state index contributed by atoms with van der Waals surface area (Å²) in [6.45, 7) is 2.12. The molecule has 1 aromatic heterocycles. The molecule has 1 unspecified atom stereocenters. The summed E-state index contributed by atoms with van der Waals surface area (Å²) in [7, 11) is 1.61. The molecular formula is C11H16N2O3. The molecule has 88 valence electrons. The highest BCUT2D eigenvalue weighted by atomic mass is 16.4. The van der Waals surface area contributed by atoms with E-state index in [2.05, 4.69) is 4.98 Å². The van der Waals surface area contributed by atoms with Crippen LogP contribution in [0.25, 0.3) is 0 Å². The maximum atomic E-state index is 11.8. The third-order valence-corrected chi connectivity index (χ3v) is 2.46. The standard InChI is InChI=1S/C11H16N2O3/c1-3-9(11(15)16)10(14)13(2)7-8-4-5-12-6-8/h4-6,9,12H,3,7H2,1-2H3,(H,15,16). The predicted molar refractivity (Wildman–Crippen MR) is 58.7 cm³/mol. The Bertz CT molecular complexity index is 359. The molecule has 1 atom stereocenters. The van der Waals surface area contributed by atoms with Gasteiger partial charge >= 0.3 is 5.97 Å². The zero-order chi connectivity index (χ0) is 12.1. The number of nitrogens with zero attached hydrogens (tertiary/aromatic N) is 1. The van der Waals surface area contributed by atoms with Crippen LogP contribution < -0.4 is 0 Å². The SMILES string of the molecule is CCC(C(=O)O)C(=O)N(C)Cc1cc[nH]c1. The number of carboxylic acids is 1. The molecule has 2 N–H and O–H groups in total. The van der Waals surface area contributed by atoms with Gasteiger partial charge in [0.15, 0.2) is 0 Å². The van der Waals surface area contributed by atoms with Crippen molar-refractivity contribution in [1.82, 2.24) is 9.88 Å². The lowest BCUT2D eigenvalue weighted by atomic mass is 10.1. The van der Waals surface area contributed by atoms with Crippen molar-refractivity contribution in [3.8, 4) is 0 Å². The number of hydrogen-bond acceptors (Lipinski definition) is 2. The summed E-state index contributed by atoms with van der Waals surface area (Å²) in [4.78, 5) is 26.9. The first-order chi connectivity index (χ1) is 7.56. The van der Waals surface area contributed by atoms with E-state index in [9.17, 15) is 9.59 Å². The number of aromatic amines is 1. The van der Waals surface area contributed by atoms with Crippen LogP contribution in [-0.2, 0) is 16.1 Å². The van der Waals surface area contributed by atoms with E-state index in [0.717, 1.165) is 5.56 Å². The van der Waals surface area contributed by atoms with Gasteiger partial charge in [0, 0.05) is 26.0 Å². The third-order valence-electron chi connectivity index (χ3n) is 2.46. The average molecular weight is 224 g/mol. The number of amides is 1. The molecule has 0 bridgehead atoms. The van der Waals surface area contributed by atoms with Crippen molar-refractivity contribution in [1.29, 1.82) is 0 Å². The van der Waals surface area contributed by atoms with Crippen molar-refractivity contribution >= 4 is 11.9 Å². The van der Waals surface area contributed by atoms with Crippen molar-refractivity contribution in [2.24, 2.45) is 5.92 Å². The molecule has 0 aliphatic heterocycles. The number of carboxylic acid groups (broad SMARTS) is 1. The van der Waals surface area contributed by atoms with Crippen LogP contribution in [0, 0.1) is 5.92 Å². The number of nitrogens with one attached hydrogen (secondary N) is 1. The minimum absolute atomic E-state index is 0.311. The predicted octanol–water partition coefficient (Wildman–Crippen LogP) is 1.08. The van der Waals surface area contributed by atoms with Crippen LogP contribution in [0.2, 0.25) is 0 Å². The fourth-order valence-corrected chi connectivity index (χ4v) is 1.53. The van der Waals surface area contributed by atoms with Gasteiger partial charge in [-0.25, -0.2) is 0 Å². The maximum Gasteiger partial charge on any atom is 0.316 e. The molecule has 1 heterocycles. The Kier molecular flexibility index (Phi) is 4.10. The summed E-state index contributed by atoms with van der Waals surface area (Å²) < 4.78 is 0. The lowest BCUT2D eigenvalue weighted by Gasteiger charge is -2.20. The minimum atomic E-state index is -1.06. The smallest absolute Gasteiger partial charge is 0.316 e. The highest BCUT2D eigenvalue weighted by Gasteiger charge is 2.26. The Morgan fingerprint density at radius 1 is 1.56 bits per heavy atom. The monoisotopic (exact) mass is 224 g/mol. The van der Waals surface area contributed by atoms with E-state index in [0.29, 0.717) is 13.0 Å². The molecule has 0 aromatic carbocycles. The third kappa shape index (κ3) is 2.85. The molecule has 0 aliphatic rings. The Morgan fingerprint density at radius 3 is 2.69 bits per heavy atom. The van der Waals surface area contributed by atoms with E-state index in [1.165, 1.54) is 4.90 Å². The van der Waals surface area contributed by atoms with Crippen LogP contribution in [0.4, 0.5) is 0 Å². The van der Waals surface area contributed by atoms with Crippen LogP contribution in [0.15, 0.2) is 18.5 Å². The van der Waals surface area contributed by atoms with Crippen LogP contribution in [0.5, 0.6) is 0 Å². The Balaban J connectivity index is 2.62. The van der Waals surface area contributed by atoms with Crippen LogP contribution in [0.3, 0.4) is 0 Å². The van der Waals surface area contributed by atoms with Gasteiger partial charge in [-0.15, -0.1) is 0 Å². The number of carbonyl (C=O) groups is 2. The number of aromatic nitrogens is 1. The molecule has 5 heteroatoms. The molecule has 0 saturated heterocycles. The number of H-pyrrole nitrogens is 1. The second-order valence-electron chi connectivity index (χ2n) is 3.71. The van der Waals surface area contributed by atoms with Crippen LogP contribution >= 0.6 is 0 Å². The fraction of sp³-hybridized carbons (Fsp3) is 0.455. The summed E-state index contributed by atoms with van der Waals surface area (Å²) in [6.07, 6.45) is 3.86. The van der Waals surface area contributed by atoms with Gasteiger partial charge in [0.25, 0.3) is 0 Å². The van der Waals surface area contributed by atoms with Crippen molar-refractivity contribution in [3.05, 3.63) is 24.0 Å². The Labute approximate surface area is 94.1 Å². The van der Waals surface area contributed by atoms with Crippen molar-refractivity contribution < 1.29 is 14.7 Å². The van der Waals surface area contributed by atoms with Gasteiger partial charge in [-0.2, -0.15) is 0 Å². The summed E-state index contributed by atoms with van der Waals surface area (Å²) >= 11 is 0. The second kappa shape index (κ2) is 5.34. The number of carbonyl (C=O) groups excluding carboxylic acids is 1. The zero-order valence-electron chi connectivity index (χ0n) is 9.43. The summed E-state index contributed by atoms with van der Waals surface area (Å²) in [5.74, 6) is -2.35. The highest BCUT2D eigenvalue weighted by molar-refractivity contribution is 5.96. The first-order valence-corrected chi connectivity index (χ1v) is 5.15. The fourth-order valence-electron chi connectivity index (χ4n) is 1.53. The zero-order valence-corrected chi connectivity index (χ0v) is 9.43. The molecule has 0 fully saturated rings. The quantitative estimate of drug-likeness (QED) is 0.735. The summed E-state index contributed by atoms with van der Waals surface area (Å²) in [6, 6.07) is 1.85. The molecule has 5 nitrogen and oxygen atoms in total. The van der Waals surface area contributed by atoms with E-state index in [4.69, 9.17) is 5.11 Å². The average Bonchev–Trinajstić information content (AvgIpc) is 2.70. The van der Waals surface area contributed by atoms with Gasteiger partial charge in [0.05, 0.1) is 0 Å². The van der Waals surface area contributed by atoms with E-state index in [1.54, 1.807) is 26.4 Å². The Morgan fingerprint density at radius 2 is 2.25 bits per heavy atom. The van der Waals surface area contributed by atoms with Crippen LogP contribution in [0.1, 0.15) is 18.9 Å². The normalized spacial score (nSPS) is 12.1. The molecule has 0 aliphatic carbocycles. The molecule has 0 radical (unpaired) electrons. The van der Waals surface area contributed by atoms with Gasteiger partial charge in [-0.1, -0.05) is 6.92 Å². The maximum absolute atomic E-state index is 11.8. The lowest BCUT2D eigenvalue weighted by Crippen LogP contribution is -2.36. The van der Waals surface area contributed by atoms with Crippen molar-refractivity contribution in [2.75, 3.05) is 7.05 Å². The molecule has 16 heavy (non-hydrogen) atoms. The van der Waals surface area contributed by atoms with Gasteiger partial charge < -0.3 is 15.0 Å². The number of aliphatic carboxylic acids is 1. The second-order valence-corrected chi connectivity index (χ2v) is 3.71. The molecule has 1 rings (SSSR count). The van der Waals surface area contributed by atoms with Gasteiger partial charge in [-0.3, -0.25) is 9.59 Å². The van der Waals surface area contributed by atoms with E-state index >= 15 is 0 Å². The van der Waals surface area contributed by atoms with E-state index in [-0.39, 0.29) is 5.91 Å². The minimum Gasteiger partial charge on any atom is -0.481 e. The Hall–Kier alpha value is -1.78. The van der Waals surface area contributed by atoms with Crippen molar-refractivity contribution in [2.45, 2.75) is 19.9 Å². The van der Waals surface area contributed by atoms with Gasteiger partial charge in [-0.05, 0) is 18.1 Å². The van der Waals surface area contributed by atoms with Crippen molar-refractivity contribution in [3.63, 3.8) is 0 Å². The molecule has 1 aromatic rings. The molecule has 0 spiro atoms. The first-order valence-electron chi connectivity index (χ1n) is 5.15. The molecular weight excluding hydrogens is 208 g/mol. The number of rotatable bonds is 5. The summed E-state index contributed by atoms with van der Waals surface area (Å²) in [5.41, 5.74) is 0.955. The van der Waals surface area contributed by atoms with Gasteiger partial charge in [0.1, 0.15) is 5.92 Å². The first kappa shape index (κ1) is 12.3. The molecule has 1 amide bonds. The van der Waals surface area contributed by atoms with E-state index in [1.807, 2.05) is 6.07 Å². The number of hydrogen-bond donors (Lipinski definition) is 2. The van der Waals surface area contributed by atoms with Gasteiger partial charge in [0.2, 0.25) is 5.91 Å². The summed E-state index contributed by atoms with van der Waals surface area (Å²) in [5, 5.41) is 8.86. The van der Waals surface area contributed by atoms with Crippen LogP contribution in [-0.4, -0.2) is 33.9 Å². The van der Waals surface area contributed by atoms with E-state index < -0.39 is 11.9 Å². The lowest BCUT2D eigenvalue weighted by molar-refractivity contribution is -0.150. The largest absolute Gasteiger partial charge is 0.481 e. The molecule has 0 saturated carbocycles.